The SMILES string of the molecule is Fc1cnc(N2C[C@H](Oc3cccnc3)[C@H]3OCCC[C@H]32)nc1. The Bertz CT molecular complexity index is 655. The normalized spacial score (nSPS) is 26.8. The maximum Gasteiger partial charge on any atom is 0.225 e. The van der Waals surface area contributed by atoms with Gasteiger partial charge in [-0.05, 0) is 25.0 Å². The maximum atomic E-state index is 13.1. The van der Waals surface area contributed by atoms with Gasteiger partial charge in [-0.3, -0.25) is 4.98 Å². The molecule has 0 radical (unpaired) electrons. The first kappa shape index (κ1) is 14.3. The molecule has 2 aliphatic rings. The standard InChI is InChI=1S/C16H17FN4O2/c17-11-7-19-16(20-8-11)21-10-14(15-13(21)4-2-6-22-15)23-12-3-1-5-18-9-12/h1,3,5,7-9,13-15H,2,4,6,10H2/t13-,14+,15+/m1/s1. The van der Waals surface area contributed by atoms with Crippen molar-refractivity contribution in [3.63, 3.8) is 0 Å². The van der Waals surface area contributed by atoms with E-state index in [0.717, 1.165) is 19.4 Å². The van der Waals surface area contributed by atoms with Gasteiger partial charge in [0.2, 0.25) is 5.95 Å². The van der Waals surface area contributed by atoms with Gasteiger partial charge >= 0.3 is 0 Å². The summed E-state index contributed by atoms with van der Waals surface area (Å²) in [5.74, 6) is 0.795. The van der Waals surface area contributed by atoms with Crippen molar-refractivity contribution in [3.05, 3.63) is 42.7 Å². The molecule has 7 heteroatoms. The molecule has 0 saturated carbocycles. The third-order valence-corrected chi connectivity index (χ3v) is 4.26. The summed E-state index contributed by atoms with van der Waals surface area (Å²) in [6.45, 7) is 1.34. The van der Waals surface area contributed by atoms with E-state index in [1.807, 2.05) is 12.1 Å². The number of aromatic nitrogens is 3. The molecule has 2 fully saturated rings. The van der Waals surface area contributed by atoms with Gasteiger partial charge in [-0.1, -0.05) is 0 Å². The Kier molecular flexibility index (Phi) is 3.78. The molecule has 2 aromatic rings. The Balaban J connectivity index is 1.58. The first-order valence-electron chi connectivity index (χ1n) is 7.74. The molecule has 4 rings (SSSR count). The fraction of sp³-hybridized carbons (Fsp3) is 0.438. The molecule has 3 atom stereocenters. The van der Waals surface area contributed by atoms with Crippen molar-refractivity contribution in [1.29, 1.82) is 0 Å². The van der Waals surface area contributed by atoms with Gasteiger partial charge in [-0.2, -0.15) is 0 Å². The van der Waals surface area contributed by atoms with E-state index in [1.54, 1.807) is 12.4 Å². The average Bonchev–Trinajstić information content (AvgIpc) is 2.95. The molecule has 0 aliphatic carbocycles. The van der Waals surface area contributed by atoms with Crippen molar-refractivity contribution in [2.45, 2.75) is 31.1 Å². The topological polar surface area (TPSA) is 60.4 Å². The highest BCUT2D eigenvalue weighted by Gasteiger charge is 2.46. The second kappa shape index (κ2) is 6.08. The van der Waals surface area contributed by atoms with Crippen molar-refractivity contribution >= 4 is 5.95 Å². The van der Waals surface area contributed by atoms with Crippen LogP contribution in [0, 0.1) is 5.82 Å². The molecule has 4 heterocycles. The maximum absolute atomic E-state index is 13.1. The van der Waals surface area contributed by atoms with Gasteiger partial charge in [0.1, 0.15) is 18.0 Å². The second-order valence-corrected chi connectivity index (χ2v) is 5.74. The molecule has 2 aromatic heterocycles. The van der Waals surface area contributed by atoms with Gasteiger partial charge < -0.3 is 14.4 Å². The minimum atomic E-state index is -0.437. The van der Waals surface area contributed by atoms with Crippen LogP contribution in [-0.4, -0.2) is 46.4 Å². The Labute approximate surface area is 133 Å². The summed E-state index contributed by atoms with van der Waals surface area (Å²) < 4.78 is 25.1. The Morgan fingerprint density at radius 3 is 2.91 bits per heavy atom. The van der Waals surface area contributed by atoms with E-state index >= 15 is 0 Å². The minimum Gasteiger partial charge on any atom is -0.484 e. The molecule has 2 saturated heterocycles. The third-order valence-electron chi connectivity index (χ3n) is 4.26. The van der Waals surface area contributed by atoms with Gasteiger partial charge in [0, 0.05) is 12.8 Å². The number of nitrogens with zero attached hydrogens (tertiary/aromatic N) is 4. The molecule has 0 amide bonds. The fourth-order valence-electron chi connectivity index (χ4n) is 3.29. The van der Waals surface area contributed by atoms with Crippen LogP contribution >= 0.6 is 0 Å². The van der Waals surface area contributed by atoms with Crippen LogP contribution in [-0.2, 0) is 4.74 Å². The lowest BCUT2D eigenvalue weighted by molar-refractivity contribution is -0.0362. The lowest BCUT2D eigenvalue weighted by Crippen LogP contribution is -2.43. The van der Waals surface area contributed by atoms with Crippen molar-refractivity contribution in [2.24, 2.45) is 0 Å². The lowest BCUT2D eigenvalue weighted by Gasteiger charge is -2.31. The molecule has 2 aliphatic heterocycles. The zero-order valence-corrected chi connectivity index (χ0v) is 12.5. The highest BCUT2D eigenvalue weighted by Crippen LogP contribution is 2.33. The van der Waals surface area contributed by atoms with Crippen molar-refractivity contribution < 1.29 is 13.9 Å². The van der Waals surface area contributed by atoms with Gasteiger partial charge in [0.15, 0.2) is 5.82 Å². The van der Waals surface area contributed by atoms with Crippen LogP contribution in [0.4, 0.5) is 10.3 Å². The first-order valence-corrected chi connectivity index (χ1v) is 7.74. The monoisotopic (exact) mass is 316 g/mol. The zero-order valence-electron chi connectivity index (χ0n) is 12.5. The van der Waals surface area contributed by atoms with Crippen molar-refractivity contribution in [1.82, 2.24) is 15.0 Å². The molecule has 0 spiro atoms. The Hall–Kier alpha value is -2.28. The largest absolute Gasteiger partial charge is 0.484 e. The van der Waals surface area contributed by atoms with E-state index in [2.05, 4.69) is 19.9 Å². The van der Waals surface area contributed by atoms with E-state index < -0.39 is 5.82 Å². The average molecular weight is 316 g/mol. The summed E-state index contributed by atoms with van der Waals surface area (Å²) in [7, 11) is 0. The summed E-state index contributed by atoms with van der Waals surface area (Å²) in [6, 6.07) is 3.86. The molecular weight excluding hydrogens is 299 g/mol. The number of hydrogen-bond acceptors (Lipinski definition) is 6. The van der Waals surface area contributed by atoms with E-state index in [0.29, 0.717) is 18.2 Å². The molecule has 0 aromatic carbocycles. The molecule has 0 unspecified atom stereocenters. The molecule has 23 heavy (non-hydrogen) atoms. The van der Waals surface area contributed by atoms with E-state index in [1.165, 1.54) is 12.4 Å². The summed E-state index contributed by atoms with van der Waals surface area (Å²) in [5.41, 5.74) is 0. The van der Waals surface area contributed by atoms with Gasteiger partial charge in [0.25, 0.3) is 0 Å². The molecule has 0 N–H and O–H groups in total. The summed E-state index contributed by atoms with van der Waals surface area (Å²) in [4.78, 5) is 14.4. The van der Waals surface area contributed by atoms with Gasteiger partial charge in [-0.15, -0.1) is 0 Å². The molecule has 0 bridgehead atoms. The number of fused-ring (bicyclic) bond motifs is 1. The predicted octanol–water partition coefficient (Wildman–Crippen LogP) is 1.83. The Morgan fingerprint density at radius 1 is 1.26 bits per heavy atom. The van der Waals surface area contributed by atoms with Crippen LogP contribution in [0.1, 0.15) is 12.8 Å². The van der Waals surface area contributed by atoms with Crippen LogP contribution in [0.25, 0.3) is 0 Å². The summed E-state index contributed by atoms with van der Waals surface area (Å²) in [6.07, 6.45) is 7.58. The molecule has 120 valence electrons. The van der Waals surface area contributed by atoms with Crippen LogP contribution in [0.2, 0.25) is 0 Å². The first-order chi connectivity index (χ1) is 11.3. The predicted molar refractivity (Wildman–Crippen MR) is 80.8 cm³/mol. The number of rotatable bonds is 3. The summed E-state index contributed by atoms with van der Waals surface area (Å²) >= 11 is 0. The highest BCUT2D eigenvalue weighted by atomic mass is 19.1. The molecular formula is C16H17FN4O2. The Morgan fingerprint density at radius 2 is 2.13 bits per heavy atom. The van der Waals surface area contributed by atoms with Crippen LogP contribution in [0.3, 0.4) is 0 Å². The van der Waals surface area contributed by atoms with Crippen molar-refractivity contribution in [3.8, 4) is 5.75 Å². The smallest absolute Gasteiger partial charge is 0.225 e. The van der Waals surface area contributed by atoms with Crippen LogP contribution < -0.4 is 9.64 Å². The quantitative estimate of drug-likeness (QED) is 0.861. The van der Waals surface area contributed by atoms with Gasteiger partial charge in [0.05, 0.1) is 31.2 Å². The van der Waals surface area contributed by atoms with E-state index in [-0.39, 0.29) is 18.2 Å². The minimum absolute atomic E-state index is 0.0439. The third kappa shape index (κ3) is 2.84. The lowest BCUT2D eigenvalue weighted by atomic mass is 10.0. The molecule has 6 nitrogen and oxygen atoms in total. The van der Waals surface area contributed by atoms with E-state index in [4.69, 9.17) is 9.47 Å². The van der Waals surface area contributed by atoms with Crippen molar-refractivity contribution in [2.75, 3.05) is 18.1 Å². The van der Waals surface area contributed by atoms with Crippen LogP contribution in [0.15, 0.2) is 36.9 Å². The van der Waals surface area contributed by atoms with Gasteiger partial charge in [-0.25, -0.2) is 14.4 Å². The number of hydrogen-bond donors (Lipinski definition) is 0. The van der Waals surface area contributed by atoms with E-state index in [9.17, 15) is 4.39 Å². The zero-order chi connectivity index (χ0) is 15.6. The number of ether oxygens (including phenoxy) is 2. The van der Waals surface area contributed by atoms with Crippen LogP contribution in [0.5, 0.6) is 5.75 Å². The second-order valence-electron chi connectivity index (χ2n) is 5.74. The number of pyridine rings is 1. The number of anilines is 1. The highest BCUT2D eigenvalue weighted by molar-refractivity contribution is 5.36. The summed E-state index contributed by atoms with van der Waals surface area (Å²) in [5, 5.41) is 0. The fourth-order valence-corrected chi connectivity index (χ4v) is 3.29. The number of halogens is 1.